The predicted molar refractivity (Wildman–Crippen MR) is 107 cm³/mol. The molecule has 1 aromatic carbocycles. The van der Waals surface area contributed by atoms with Gasteiger partial charge in [-0.1, -0.05) is 58.7 Å². The van der Waals surface area contributed by atoms with E-state index in [0.717, 1.165) is 50.3 Å². The van der Waals surface area contributed by atoms with Gasteiger partial charge in [0.05, 0.1) is 0 Å². The van der Waals surface area contributed by atoms with E-state index in [4.69, 9.17) is 0 Å². The molecule has 0 bridgehead atoms. The van der Waals surface area contributed by atoms with Gasteiger partial charge in [-0.15, -0.1) is 0 Å². The molecule has 0 radical (unpaired) electrons. The number of Topliss-reactive ketones (excluding diaryl/α,β-unsaturated/α-hetero) is 1. The van der Waals surface area contributed by atoms with Gasteiger partial charge in [0.25, 0.3) is 0 Å². The maximum Gasteiger partial charge on any atom is 0.222 e. The van der Waals surface area contributed by atoms with Crippen LogP contribution in [-0.4, -0.2) is 29.7 Å². The van der Waals surface area contributed by atoms with Crippen LogP contribution in [0.25, 0.3) is 0 Å². The number of likely N-dealkylation sites (tertiary alicyclic amines) is 1. The van der Waals surface area contributed by atoms with Crippen molar-refractivity contribution >= 4 is 11.7 Å². The van der Waals surface area contributed by atoms with Crippen molar-refractivity contribution < 1.29 is 9.59 Å². The Morgan fingerprint density at radius 1 is 1.08 bits per heavy atom. The molecule has 0 atom stereocenters. The molecule has 0 unspecified atom stereocenters. The van der Waals surface area contributed by atoms with Crippen LogP contribution in [0.15, 0.2) is 24.3 Å². The lowest BCUT2D eigenvalue weighted by atomic mass is 9.87. The van der Waals surface area contributed by atoms with Crippen molar-refractivity contribution in [2.45, 2.75) is 72.1 Å². The van der Waals surface area contributed by atoms with Gasteiger partial charge in [-0.2, -0.15) is 0 Å². The minimum Gasteiger partial charge on any atom is -0.343 e. The monoisotopic (exact) mass is 357 g/mol. The van der Waals surface area contributed by atoms with Crippen LogP contribution in [0.5, 0.6) is 0 Å². The van der Waals surface area contributed by atoms with E-state index < -0.39 is 0 Å². The average Bonchev–Trinajstić information content (AvgIpc) is 2.64. The number of carbonyl (C=O) groups excluding carboxylic acids is 2. The fourth-order valence-corrected chi connectivity index (χ4v) is 3.73. The Balaban J connectivity index is 1.83. The van der Waals surface area contributed by atoms with Gasteiger partial charge < -0.3 is 4.90 Å². The first kappa shape index (κ1) is 20.7. The molecular formula is C23H35NO2. The lowest BCUT2D eigenvalue weighted by molar-refractivity contribution is -0.132. The van der Waals surface area contributed by atoms with Crippen LogP contribution in [0.1, 0.15) is 88.1 Å². The van der Waals surface area contributed by atoms with Gasteiger partial charge in [0.15, 0.2) is 5.78 Å². The number of hydrogen-bond acceptors (Lipinski definition) is 2. The molecule has 1 aliphatic rings. The Hall–Kier alpha value is -1.64. The Bertz CT molecular complexity index is 598. The largest absolute Gasteiger partial charge is 0.343 e. The van der Waals surface area contributed by atoms with Crippen LogP contribution in [0.3, 0.4) is 0 Å². The van der Waals surface area contributed by atoms with Crippen molar-refractivity contribution in [2.24, 2.45) is 11.8 Å². The Kier molecular flexibility index (Phi) is 7.86. The lowest BCUT2D eigenvalue weighted by Gasteiger charge is -2.32. The number of rotatable bonds is 8. The second kappa shape index (κ2) is 9.89. The first-order valence-corrected chi connectivity index (χ1v) is 10.3. The minimum atomic E-state index is 0.0282. The fraction of sp³-hybridized carbons (Fsp3) is 0.652. The van der Waals surface area contributed by atoms with Crippen molar-refractivity contribution in [3.05, 3.63) is 35.4 Å². The van der Waals surface area contributed by atoms with Gasteiger partial charge in [-0.3, -0.25) is 9.59 Å². The molecule has 1 amide bonds. The van der Waals surface area contributed by atoms with Crippen LogP contribution in [-0.2, 0) is 4.79 Å². The van der Waals surface area contributed by atoms with Crippen LogP contribution >= 0.6 is 0 Å². The Morgan fingerprint density at radius 3 is 2.38 bits per heavy atom. The highest BCUT2D eigenvalue weighted by atomic mass is 16.2. The highest BCUT2D eigenvalue weighted by Gasteiger charge is 2.24. The second-order valence-electron chi connectivity index (χ2n) is 8.44. The Morgan fingerprint density at radius 2 is 1.77 bits per heavy atom. The third kappa shape index (κ3) is 5.96. The molecule has 2 rings (SSSR count). The normalized spacial score (nSPS) is 15.7. The summed E-state index contributed by atoms with van der Waals surface area (Å²) in [5, 5.41) is 0. The number of nitrogens with zero attached hydrogens (tertiary/aromatic N) is 1. The molecule has 1 heterocycles. The molecule has 0 aromatic heterocycles. The van der Waals surface area contributed by atoms with E-state index in [2.05, 4.69) is 26.0 Å². The third-order valence-electron chi connectivity index (χ3n) is 5.44. The molecule has 1 saturated heterocycles. The smallest absolute Gasteiger partial charge is 0.222 e. The van der Waals surface area contributed by atoms with E-state index in [1.807, 2.05) is 30.9 Å². The number of amides is 1. The van der Waals surface area contributed by atoms with Crippen molar-refractivity contribution in [2.75, 3.05) is 13.1 Å². The maximum absolute atomic E-state index is 12.4. The molecule has 0 spiro atoms. The molecule has 0 saturated carbocycles. The summed E-state index contributed by atoms with van der Waals surface area (Å²) in [7, 11) is 0. The van der Waals surface area contributed by atoms with E-state index in [1.54, 1.807) is 0 Å². The summed E-state index contributed by atoms with van der Waals surface area (Å²) in [5.74, 6) is 1.73. The van der Waals surface area contributed by atoms with Gasteiger partial charge >= 0.3 is 0 Å². The van der Waals surface area contributed by atoms with Crippen LogP contribution < -0.4 is 0 Å². The molecule has 1 fully saturated rings. The SMILES string of the molecule is CC(C)CCCCC(=O)N1CCC(c2cccc(C(=O)C(C)C)c2)CC1. The van der Waals surface area contributed by atoms with Gasteiger partial charge in [-0.05, 0) is 42.7 Å². The van der Waals surface area contributed by atoms with Gasteiger partial charge in [-0.25, -0.2) is 0 Å². The maximum atomic E-state index is 12.4. The van der Waals surface area contributed by atoms with E-state index in [9.17, 15) is 9.59 Å². The molecule has 1 aromatic rings. The Labute approximate surface area is 159 Å². The van der Waals surface area contributed by atoms with Gasteiger partial charge in [0.1, 0.15) is 0 Å². The lowest BCUT2D eigenvalue weighted by Crippen LogP contribution is -2.37. The molecule has 1 aliphatic heterocycles. The van der Waals surface area contributed by atoms with Gasteiger partial charge in [0.2, 0.25) is 5.91 Å². The molecular weight excluding hydrogens is 322 g/mol. The fourth-order valence-electron chi connectivity index (χ4n) is 3.73. The average molecular weight is 358 g/mol. The highest BCUT2D eigenvalue weighted by molar-refractivity contribution is 5.97. The molecule has 3 heteroatoms. The van der Waals surface area contributed by atoms with Crippen LogP contribution in [0.2, 0.25) is 0 Å². The first-order chi connectivity index (χ1) is 12.4. The summed E-state index contributed by atoms with van der Waals surface area (Å²) >= 11 is 0. The standard InChI is InChI=1S/C23H35NO2/c1-17(2)8-5-6-11-22(25)24-14-12-19(13-15-24)20-9-7-10-21(16-20)23(26)18(3)4/h7,9-10,16-19H,5-6,8,11-15H2,1-4H3. The molecule has 0 aliphatic carbocycles. The van der Waals surface area contributed by atoms with Crippen molar-refractivity contribution in [1.82, 2.24) is 4.90 Å². The van der Waals surface area contributed by atoms with E-state index >= 15 is 0 Å². The minimum absolute atomic E-state index is 0.0282. The highest BCUT2D eigenvalue weighted by Crippen LogP contribution is 2.29. The second-order valence-corrected chi connectivity index (χ2v) is 8.44. The summed E-state index contributed by atoms with van der Waals surface area (Å²) in [5.41, 5.74) is 2.07. The summed E-state index contributed by atoms with van der Waals surface area (Å²) < 4.78 is 0. The molecule has 0 N–H and O–H groups in total. The quantitative estimate of drug-likeness (QED) is 0.458. The number of piperidine rings is 1. The summed E-state index contributed by atoms with van der Waals surface area (Å²) in [4.78, 5) is 26.7. The van der Waals surface area contributed by atoms with Crippen molar-refractivity contribution in [3.63, 3.8) is 0 Å². The number of carbonyl (C=O) groups is 2. The number of hydrogen-bond donors (Lipinski definition) is 0. The van der Waals surface area contributed by atoms with Gasteiger partial charge in [0, 0.05) is 31.0 Å². The van der Waals surface area contributed by atoms with Crippen molar-refractivity contribution in [3.8, 4) is 0 Å². The van der Waals surface area contributed by atoms with Crippen LogP contribution in [0.4, 0.5) is 0 Å². The number of unbranched alkanes of at least 4 members (excludes halogenated alkanes) is 1. The van der Waals surface area contributed by atoms with Crippen LogP contribution in [0, 0.1) is 11.8 Å². The topological polar surface area (TPSA) is 37.4 Å². The van der Waals surface area contributed by atoms with E-state index in [1.165, 1.54) is 12.0 Å². The zero-order valence-electron chi connectivity index (χ0n) is 17.0. The summed E-state index contributed by atoms with van der Waals surface area (Å²) in [6.07, 6.45) is 6.05. The summed E-state index contributed by atoms with van der Waals surface area (Å²) in [6, 6.07) is 8.11. The first-order valence-electron chi connectivity index (χ1n) is 10.3. The van der Waals surface area contributed by atoms with E-state index in [0.29, 0.717) is 18.2 Å². The molecule has 144 valence electrons. The number of benzene rings is 1. The third-order valence-corrected chi connectivity index (χ3v) is 5.44. The zero-order chi connectivity index (χ0) is 19.1. The number of ketones is 1. The van der Waals surface area contributed by atoms with Crippen molar-refractivity contribution in [1.29, 1.82) is 0 Å². The molecule has 3 nitrogen and oxygen atoms in total. The molecule has 26 heavy (non-hydrogen) atoms. The zero-order valence-corrected chi connectivity index (χ0v) is 17.0. The van der Waals surface area contributed by atoms with E-state index in [-0.39, 0.29) is 11.7 Å². The predicted octanol–water partition coefficient (Wildman–Crippen LogP) is 5.45. The summed E-state index contributed by atoms with van der Waals surface area (Å²) in [6.45, 7) is 10.0.